The predicted molar refractivity (Wildman–Crippen MR) is 159 cm³/mol. The van der Waals surface area contributed by atoms with Crippen molar-refractivity contribution in [3.8, 4) is 0 Å². The van der Waals surface area contributed by atoms with Crippen molar-refractivity contribution in [2.75, 3.05) is 4.90 Å². The van der Waals surface area contributed by atoms with Crippen molar-refractivity contribution in [2.24, 2.45) is 5.92 Å². The molecule has 2 atom stereocenters. The molecule has 180 valence electrons. The molecule has 0 bridgehead atoms. The molecule has 1 aliphatic carbocycles. The number of aryl methyl sites for hydroxylation is 1. The zero-order valence-electron chi connectivity index (χ0n) is 21.3. The third kappa shape index (κ3) is 2.54. The Morgan fingerprint density at radius 2 is 1.61 bits per heavy atom. The number of anilines is 3. The Morgan fingerprint density at radius 1 is 0.763 bits per heavy atom. The van der Waals surface area contributed by atoms with Crippen molar-refractivity contribution in [1.82, 2.24) is 0 Å². The highest BCUT2D eigenvalue weighted by molar-refractivity contribution is 6.99. The van der Waals surface area contributed by atoms with Gasteiger partial charge in [0, 0.05) is 28.1 Å². The Balaban J connectivity index is 1.45. The van der Waals surface area contributed by atoms with Gasteiger partial charge < -0.3 is 9.32 Å². The number of fused-ring (bicyclic) bond motifs is 8. The van der Waals surface area contributed by atoms with Gasteiger partial charge in [0.1, 0.15) is 5.58 Å². The molecule has 2 unspecified atom stereocenters. The van der Waals surface area contributed by atoms with E-state index in [0.717, 1.165) is 11.2 Å². The third-order valence-corrected chi connectivity index (χ3v) is 9.37. The molecule has 0 radical (unpaired) electrons. The van der Waals surface area contributed by atoms with E-state index in [9.17, 15) is 0 Å². The SMILES string of the molecule is CC1CCc2cccc3c2C1c1cccc2c1B3c1ccc3c(oc4ccccc43)c1N2c1ccccc1. The Hall–Kier alpha value is -4.24. The van der Waals surface area contributed by atoms with E-state index in [1.54, 1.807) is 11.1 Å². The maximum absolute atomic E-state index is 6.70. The van der Waals surface area contributed by atoms with Crippen LogP contribution in [0.2, 0.25) is 0 Å². The first-order valence-corrected chi connectivity index (χ1v) is 13.8. The Kier molecular flexibility index (Phi) is 4.06. The first-order chi connectivity index (χ1) is 18.8. The summed E-state index contributed by atoms with van der Waals surface area (Å²) in [6.45, 7) is 2.65. The topological polar surface area (TPSA) is 16.4 Å². The number of para-hydroxylation sites is 2. The molecule has 6 aromatic rings. The second kappa shape index (κ2) is 7.42. The van der Waals surface area contributed by atoms with Gasteiger partial charge in [0.05, 0.1) is 5.69 Å². The summed E-state index contributed by atoms with van der Waals surface area (Å²) in [4.78, 5) is 2.47. The number of benzene rings is 5. The van der Waals surface area contributed by atoms with Crippen LogP contribution < -0.4 is 21.3 Å². The van der Waals surface area contributed by atoms with Crippen molar-refractivity contribution < 1.29 is 4.42 Å². The van der Waals surface area contributed by atoms with Gasteiger partial charge in [-0.1, -0.05) is 91.2 Å². The first kappa shape index (κ1) is 20.8. The highest BCUT2D eigenvalue weighted by Gasteiger charge is 2.46. The fourth-order valence-electron chi connectivity index (χ4n) is 7.83. The molecular formula is C35H26BNO. The molecule has 2 aliphatic heterocycles. The van der Waals surface area contributed by atoms with E-state index in [1.807, 2.05) is 0 Å². The molecule has 3 aliphatic rings. The summed E-state index contributed by atoms with van der Waals surface area (Å²) in [5, 5.41) is 2.35. The van der Waals surface area contributed by atoms with E-state index in [0.29, 0.717) is 11.8 Å². The van der Waals surface area contributed by atoms with E-state index >= 15 is 0 Å². The zero-order valence-corrected chi connectivity index (χ0v) is 21.3. The minimum absolute atomic E-state index is 0.199. The molecule has 3 heterocycles. The highest BCUT2D eigenvalue weighted by atomic mass is 16.3. The average molecular weight is 487 g/mol. The number of furan rings is 1. The summed E-state index contributed by atoms with van der Waals surface area (Å²) in [7, 11) is 0. The number of nitrogens with zero attached hydrogens (tertiary/aromatic N) is 1. The molecule has 0 amide bonds. The van der Waals surface area contributed by atoms with Crippen LogP contribution in [0.15, 0.2) is 108 Å². The van der Waals surface area contributed by atoms with Gasteiger partial charge >= 0.3 is 0 Å². The van der Waals surface area contributed by atoms with Crippen molar-refractivity contribution >= 4 is 62.1 Å². The summed E-state index contributed by atoms with van der Waals surface area (Å²) in [5.74, 6) is 1.08. The lowest BCUT2D eigenvalue weighted by Crippen LogP contribution is -2.62. The molecule has 0 N–H and O–H groups in total. The maximum Gasteiger partial charge on any atom is 0.247 e. The van der Waals surface area contributed by atoms with Crippen LogP contribution in [0.25, 0.3) is 21.9 Å². The predicted octanol–water partition coefficient (Wildman–Crippen LogP) is 6.91. The van der Waals surface area contributed by atoms with E-state index in [2.05, 4.69) is 115 Å². The molecule has 5 aromatic carbocycles. The number of rotatable bonds is 1. The van der Waals surface area contributed by atoms with Crippen molar-refractivity contribution in [3.63, 3.8) is 0 Å². The Labute approximate surface area is 222 Å². The average Bonchev–Trinajstić information content (AvgIpc) is 3.35. The van der Waals surface area contributed by atoms with Gasteiger partial charge in [-0.2, -0.15) is 0 Å². The Morgan fingerprint density at radius 3 is 2.53 bits per heavy atom. The molecule has 2 nitrogen and oxygen atoms in total. The minimum atomic E-state index is 0.199. The van der Waals surface area contributed by atoms with E-state index in [4.69, 9.17) is 4.42 Å². The summed E-state index contributed by atoms with van der Waals surface area (Å²) in [6, 6.07) is 38.0. The van der Waals surface area contributed by atoms with Crippen molar-refractivity contribution in [2.45, 2.75) is 25.7 Å². The van der Waals surface area contributed by atoms with E-state index in [-0.39, 0.29) is 6.71 Å². The van der Waals surface area contributed by atoms with Gasteiger partial charge in [-0.25, -0.2) is 0 Å². The van der Waals surface area contributed by atoms with Crippen molar-refractivity contribution in [3.05, 3.63) is 120 Å². The summed E-state index contributed by atoms with van der Waals surface area (Å²) < 4.78 is 6.70. The second-order valence-corrected chi connectivity index (χ2v) is 11.3. The van der Waals surface area contributed by atoms with Gasteiger partial charge in [-0.05, 0) is 70.6 Å². The second-order valence-electron chi connectivity index (χ2n) is 11.3. The molecular weight excluding hydrogens is 461 g/mol. The lowest BCUT2D eigenvalue weighted by Gasteiger charge is -2.45. The molecule has 0 spiro atoms. The smallest absolute Gasteiger partial charge is 0.247 e. The van der Waals surface area contributed by atoms with Crippen LogP contribution in [0, 0.1) is 5.92 Å². The molecule has 3 heteroatoms. The van der Waals surface area contributed by atoms with Gasteiger partial charge in [0.15, 0.2) is 5.58 Å². The first-order valence-electron chi connectivity index (χ1n) is 13.8. The van der Waals surface area contributed by atoms with E-state index in [1.165, 1.54) is 62.6 Å². The van der Waals surface area contributed by atoms with Crippen LogP contribution in [-0.4, -0.2) is 6.71 Å². The lowest BCUT2D eigenvalue weighted by atomic mass is 9.30. The maximum atomic E-state index is 6.70. The summed E-state index contributed by atoms with van der Waals surface area (Å²) in [6.07, 6.45) is 2.42. The molecule has 0 saturated carbocycles. The minimum Gasteiger partial charge on any atom is -0.454 e. The number of hydrogen-bond donors (Lipinski definition) is 0. The van der Waals surface area contributed by atoms with E-state index < -0.39 is 0 Å². The van der Waals surface area contributed by atoms with Gasteiger partial charge in [0.2, 0.25) is 6.71 Å². The number of hydrogen-bond acceptors (Lipinski definition) is 2. The monoisotopic (exact) mass is 487 g/mol. The normalized spacial score (nSPS) is 18.9. The van der Waals surface area contributed by atoms with Crippen LogP contribution in [0.5, 0.6) is 0 Å². The third-order valence-electron chi connectivity index (χ3n) is 9.37. The fourth-order valence-corrected chi connectivity index (χ4v) is 7.83. The summed E-state index contributed by atoms with van der Waals surface area (Å²) in [5.41, 5.74) is 14.5. The molecule has 9 rings (SSSR count). The van der Waals surface area contributed by atoms with Gasteiger partial charge in [-0.15, -0.1) is 0 Å². The van der Waals surface area contributed by atoms with Crippen LogP contribution in [0.3, 0.4) is 0 Å². The van der Waals surface area contributed by atoms with Crippen LogP contribution in [0.4, 0.5) is 17.1 Å². The molecule has 1 aromatic heterocycles. The van der Waals surface area contributed by atoms with Crippen molar-refractivity contribution in [1.29, 1.82) is 0 Å². The largest absolute Gasteiger partial charge is 0.454 e. The summed E-state index contributed by atoms with van der Waals surface area (Å²) >= 11 is 0. The zero-order chi connectivity index (χ0) is 25.0. The fraction of sp³-hybridized carbons (Fsp3) is 0.143. The van der Waals surface area contributed by atoms with Crippen LogP contribution in [0.1, 0.15) is 36.0 Å². The quantitative estimate of drug-likeness (QED) is 0.234. The highest BCUT2D eigenvalue weighted by Crippen LogP contribution is 2.47. The Bertz CT molecular complexity index is 1920. The molecule has 0 saturated heterocycles. The van der Waals surface area contributed by atoms with Gasteiger partial charge in [-0.3, -0.25) is 0 Å². The van der Waals surface area contributed by atoms with Gasteiger partial charge in [0.25, 0.3) is 0 Å². The standard InChI is InChI=1S/C35H26BNO/c1-21-17-18-22-9-7-14-27-32(22)31(21)26-13-8-15-29-33(26)36(27)28-20-19-25-24-12-5-6-16-30(24)38-35(25)34(28)37(29)23-10-3-2-4-11-23/h2-16,19-21,31H,17-18H2,1H3. The lowest BCUT2D eigenvalue weighted by molar-refractivity contribution is 0.448. The molecule has 0 fully saturated rings. The van der Waals surface area contributed by atoms with Crippen LogP contribution >= 0.6 is 0 Å². The van der Waals surface area contributed by atoms with Crippen LogP contribution in [-0.2, 0) is 6.42 Å². The molecule has 38 heavy (non-hydrogen) atoms.